The zero-order valence-corrected chi connectivity index (χ0v) is 27.1. The molecule has 12 heteroatoms. The van der Waals surface area contributed by atoms with Crippen LogP contribution in [-0.2, 0) is 30.0 Å². The van der Waals surface area contributed by atoms with Crippen molar-refractivity contribution in [2.45, 2.75) is 65.8 Å². The Morgan fingerprint density at radius 2 is 1.69 bits per heavy atom. The van der Waals surface area contributed by atoms with Crippen molar-refractivity contribution in [3.63, 3.8) is 0 Å². The molecule has 0 amide bonds. The molecule has 2 heterocycles. The lowest BCUT2D eigenvalue weighted by molar-refractivity contribution is -0.149. The molecule has 0 bridgehead atoms. The summed E-state index contributed by atoms with van der Waals surface area (Å²) in [6, 6.07) is 19.4. The van der Waals surface area contributed by atoms with Gasteiger partial charge in [0.05, 0.1) is 29.8 Å². The summed E-state index contributed by atoms with van der Waals surface area (Å²) in [6.45, 7) is 9.67. The maximum Gasteiger partial charge on any atom is 0.459 e. The van der Waals surface area contributed by atoms with Gasteiger partial charge in [-0.2, -0.15) is 5.09 Å². The Hall–Kier alpha value is -4.02. The molecule has 0 aliphatic heterocycles. The van der Waals surface area contributed by atoms with E-state index >= 15 is 0 Å². The molecule has 238 valence electrons. The summed E-state index contributed by atoms with van der Waals surface area (Å²) >= 11 is 0. The highest BCUT2D eigenvalue weighted by atomic mass is 31.2. The van der Waals surface area contributed by atoms with Crippen molar-refractivity contribution in [3.05, 3.63) is 72.6 Å². The minimum Gasteiger partial charge on any atom is -0.462 e. The number of ether oxygens (including phenoxy) is 2. The lowest BCUT2D eigenvalue weighted by Gasteiger charge is -2.27. The summed E-state index contributed by atoms with van der Waals surface area (Å²) in [4.78, 5) is 22.2. The third kappa shape index (κ3) is 7.12. The quantitative estimate of drug-likeness (QED) is 0.0976. The van der Waals surface area contributed by atoms with E-state index < -0.39 is 19.8 Å². The van der Waals surface area contributed by atoms with Crippen molar-refractivity contribution in [1.29, 1.82) is 0 Å². The summed E-state index contributed by atoms with van der Waals surface area (Å²) in [6.07, 6.45) is 0.237. The molecule has 5 rings (SSSR count). The van der Waals surface area contributed by atoms with Crippen LogP contribution in [0.15, 0.2) is 66.7 Å². The summed E-state index contributed by atoms with van der Waals surface area (Å²) in [5.41, 5.74) is 8.46. The third-order valence-corrected chi connectivity index (χ3v) is 8.99. The SMILES string of the molecule is CCOCc1nc2c(N)nc3ccccc3c2n1[C@H](CC)COP(=O)(N[C@@H](C)C(=O)OC(C)C)Oc1cccc2ccccc12. The first-order chi connectivity index (χ1) is 21.6. The fraction of sp³-hybridized carbons (Fsp3) is 0.364. The van der Waals surface area contributed by atoms with Crippen molar-refractivity contribution in [2.24, 2.45) is 0 Å². The molecule has 45 heavy (non-hydrogen) atoms. The number of carbonyl (C=O) groups excluding carboxylic acids is 1. The minimum absolute atomic E-state index is 0.0430. The average molecular weight is 634 g/mol. The topological polar surface area (TPSA) is 140 Å². The molecular weight excluding hydrogens is 593 g/mol. The number of hydrogen-bond donors (Lipinski definition) is 2. The van der Waals surface area contributed by atoms with Crippen molar-refractivity contribution in [1.82, 2.24) is 19.6 Å². The normalized spacial score (nSPS) is 14.5. The molecule has 0 aliphatic rings. The molecule has 0 radical (unpaired) electrons. The van der Waals surface area contributed by atoms with Crippen LogP contribution in [0.5, 0.6) is 5.75 Å². The van der Waals surface area contributed by atoms with E-state index in [0.29, 0.717) is 35.9 Å². The summed E-state index contributed by atoms with van der Waals surface area (Å²) in [5.74, 6) is 0.728. The Labute approximate surface area is 262 Å². The number of nitrogens with zero attached hydrogens (tertiary/aromatic N) is 3. The van der Waals surface area contributed by atoms with Gasteiger partial charge in [0.2, 0.25) is 0 Å². The van der Waals surface area contributed by atoms with Gasteiger partial charge in [-0.3, -0.25) is 9.32 Å². The van der Waals surface area contributed by atoms with E-state index in [4.69, 9.17) is 29.2 Å². The number of fused-ring (bicyclic) bond motifs is 4. The molecule has 1 unspecified atom stereocenters. The van der Waals surface area contributed by atoms with Gasteiger partial charge in [-0.25, -0.2) is 14.5 Å². The number of rotatable bonds is 14. The van der Waals surface area contributed by atoms with Gasteiger partial charge in [0.15, 0.2) is 5.82 Å². The number of pyridine rings is 1. The number of aromatic nitrogens is 3. The summed E-state index contributed by atoms with van der Waals surface area (Å²) in [7, 11) is -4.18. The van der Waals surface area contributed by atoms with Gasteiger partial charge in [0.1, 0.15) is 29.7 Å². The average Bonchev–Trinajstić information content (AvgIpc) is 3.40. The number of esters is 1. The molecule has 0 fully saturated rings. The van der Waals surface area contributed by atoms with Crippen LogP contribution >= 0.6 is 7.75 Å². The fourth-order valence-corrected chi connectivity index (χ4v) is 6.78. The van der Waals surface area contributed by atoms with Gasteiger partial charge >= 0.3 is 13.7 Å². The number of anilines is 1. The van der Waals surface area contributed by atoms with Crippen LogP contribution in [0.1, 0.15) is 52.9 Å². The van der Waals surface area contributed by atoms with E-state index in [1.54, 1.807) is 26.8 Å². The molecule has 3 atom stereocenters. The molecule has 0 aliphatic carbocycles. The van der Waals surface area contributed by atoms with Crippen molar-refractivity contribution in [3.8, 4) is 5.75 Å². The zero-order valence-electron chi connectivity index (χ0n) is 26.2. The predicted molar refractivity (Wildman–Crippen MR) is 176 cm³/mol. The number of nitrogens with one attached hydrogen (secondary N) is 1. The van der Waals surface area contributed by atoms with E-state index in [-0.39, 0.29) is 25.4 Å². The van der Waals surface area contributed by atoms with Gasteiger partial charge < -0.3 is 24.3 Å². The number of imidazole rings is 1. The van der Waals surface area contributed by atoms with E-state index in [1.165, 1.54) is 0 Å². The Bertz CT molecular complexity index is 1850. The van der Waals surface area contributed by atoms with Gasteiger partial charge in [-0.05, 0) is 51.6 Å². The molecule has 3 aromatic carbocycles. The number of hydrogen-bond acceptors (Lipinski definition) is 9. The number of benzene rings is 3. The van der Waals surface area contributed by atoms with Gasteiger partial charge in [0.25, 0.3) is 0 Å². The van der Waals surface area contributed by atoms with Gasteiger partial charge in [-0.1, -0.05) is 61.5 Å². The lowest BCUT2D eigenvalue weighted by atomic mass is 10.1. The van der Waals surface area contributed by atoms with Crippen molar-refractivity contribution in [2.75, 3.05) is 18.9 Å². The van der Waals surface area contributed by atoms with Crippen LogP contribution in [0.4, 0.5) is 5.82 Å². The van der Waals surface area contributed by atoms with Crippen LogP contribution in [0.2, 0.25) is 0 Å². The van der Waals surface area contributed by atoms with E-state index in [1.807, 2.05) is 79.1 Å². The summed E-state index contributed by atoms with van der Waals surface area (Å²) < 4.78 is 40.1. The second kappa shape index (κ2) is 14.0. The monoisotopic (exact) mass is 633 g/mol. The van der Waals surface area contributed by atoms with Crippen molar-refractivity contribution < 1.29 is 27.9 Å². The van der Waals surface area contributed by atoms with Gasteiger partial charge in [0, 0.05) is 17.4 Å². The van der Waals surface area contributed by atoms with E-state index in [2.05, 4.69) is 10.1 Å². The number of nitrogen functional groups attached to an aromatic ring is 1. The predicted octanol–water partition coefficient (Wildman–Crippen LogP) is 6.94. The molecule has 5 aromatic rings. The smallest absolute Gasteiger partial charge is 0.459 e. The zero-order chi connectivity index (χ0) is 32.1. The maximum absolute atomic E-state index is 14.6. The van der Waals surface area contributed by atoms with Gasteiger partial charge in [-0.15, -0.1) is 0 Å². The molecule has 0 saturated heterocycles. The first kappa shape index (κ1) is 32.4. The van der Waals surface area contributed by atoms with Crippen LogP contribution in [0.3, 0.4) is 0 Å². The highest BCUT2D eigenvalue weighted by Gasteiger charge is 2.35. The Kier molecular flexibility index (Phi) is 10.0. The second-order valence-electron chi connectivity index (χ2n) is 11.0. The molecule has 2 aromatic heterocycles. The summed E-state index contributed by atoms with van der Waals surface area (Å²) in [5, 5.41) is 5.35. The molecule has 0 spiro atoms. The maximum atomic E-state index is 14.6. The highest BCUT2D eigenvalue weighted by Crippen LogP contribution is 2.48. The lowest BCUT2D eigenvalue weighted by Crippen LogP contribution is -2.36. The van der Waals surface area contributed by atoms with E-state index in [0.717, 1.165) is 27.2 Å². The standard InChI is InChI=1S/C33H40N5O6P/c1-6-24(38-29(20-41-7-2)36-30-31(38)26-16-10-11-17-27(26)35-32(30)34)19-42-45(40,37-22(5)33(39)43-21(3)4)44-28-18-12-14-23-13-8-9-15-25(23)28/h8-18,21-22,24H,6-7,19-20H2,1-5H3,(H2,34,35)(H,37,40)/t22-,24+,45?/m0/s1. The molecule has 0 saturated carbocycles. The van der Waals surface area contributed by atoms with E-state index in [9.17, 15) is 9.36 Å². The number of para-hydroxylation sites is 1. The largest absolute Gasteiger partial charge is 0.462 e. The highest BCUT2D eigenvalue weighted by molar-refractivity contribution is 7.52. The van der Waals surface area contributed by atoms with Crippen molar-refractivity contribution >= 4 is 52.2 Å². The van der Waals surface area contributed by atoms with Crippen LogP contribution in [0, 0.1) is 0 Å². The molecule has 3 N–H and O–H groups in total. The third-order valence-electron chi connectivity index (χ3n) is 7.36. The number of carbonyl (C=O) groups is 1. The Morgan fingerprint density at radius 1 is 0.978 bits per heavy atom. The first-order valence-corrected chi connectivity index (χ1v) is 16.7. The molecular formula is C33H40N5O6P. The minimum atomic E-state index is -4.18. The van der Waals surface area contributed by atoms with Crippen LogP contribution in [0.25, 0.3) is 32.7 Å². The molecule has 11 nitrogen and oxygen atoms in total. The second-order valence-corrected chi connectivity index (χ2v) is 12.7. The Balaban J connectivity index is 1.54. The Morgan fingerprint density at radius 3 is 2.42 bits per heavy atom. The van der Waals surface area contributed by atoms with Crippen LogP contribution < -0.4 is 15.3 Å². The fourth-order valence-electron chi connectivity index (χ4n) is 5.24. The number of nitrogens with two attached hydrogens (primary N) is 1. The van der Waals surface area contributed by atoms with Crippen LogP contribution in [-0.4, -0.2) is 45.9 Å². The first-order valence-electron chi connectivity index (χ1n) is 15.2.